The molecule has 0 radical (unpaired) electrons. The fourth-order valence-electron chi connectivity index (χ4n) is 1.84. The summed E-state index contributed by atoms with van der Waals surface area (Å²) in [7, 11) is 0. The molecule has 16 heavy (non-hydrogen) atoms. The topological polar surface area (TPSA) is 29.3 Å². The third kappa shape index (κ3) is 2.40. The van der Waals surface area contributed by atoms with Crippen LogP contribution in [0.2, 0.25) is 5.02 Å². The van der Waals surface area contributed by atoms with E-state index in [9.17, 15) is 4.39 Å². The van der Waals surface area contributed by atoms with Crippen molar-refractivity contribution in [3.63, 3.8) is 0 Å². The molecule has 1 aromatic carbocycles. The lowest BCUT2D eigenvalue weighted by atomic mass is 10.2. The molecule has 1 aromatic rings. The fourth-order valence-corrected chi connectivity index (χ4v) is 1.99. The van der Waals surface area contributed by atoms with Gasteiger partial charge in [0, 0.05) is 19.2 Å². The van der Waals surface area contributed by atoms with Crippen molar-refractivity contribution in [3.05, 3.63) is 23.0 Å². The van der Waals surface area contributed by atoms with Crippen LogP contribution in [0, 0.1) is 11.7 Å². The standard InChI is InChI=1S/C12H16ClFN2/c1-2-16(7-8-3-4-8)12-5-9(13)10(14)6-11(12)15/h5-6,8H,2-4,7,15H2,1H3. The highest BCUT2D eigenvalue weighted by Gasteiger charge is 2.24. The number of nitrogens with zero attached hydrogens (tertiary/aromatic N) is 1. The summed E-state index contributed by atoms with van der Waals surface area (Å²) >= 11 is 5.78. The number of hydrogen-bond acceptors (Lipinski definition) is 2. The van der Waals surface area contributed by atoms with E-state index < -0.39 is 5.82 Å². The molecule has 1 saturated carbocycles. The maximum atomic E-state index is 13.2. The summed E-state index contributed by atoms with van der Waals surface area (Å²) in [4.78, 5) is 2.16. The maximum absolute atomic E-state index is 13.2. The highest BCUT2D eigenvalue weighted by molar-refractivity contribution is 6.31. The van der Waals surface area contributed by atoms with Crippen LogP contribution in [0.4, 0.5) is 15.8 Å². The van der Waals surface area contributed by atoms with Gasteiger partial charge in [-0.25, -0.2) is 4.39 Å². The molecule has 0 saturated heterocycles. The van der Waals surface area contributed by atoms with Gasteiger partial charge in [-0.05, 0) is 31.7 Å². The second-order valence-electron chi connectivity index (χ2n) is 4.31. The molecule has 1 fully saturated rings. The lowest BCUT2D eigenvalue weighted by Crippen LogP contribution is -2.26. The van der Waals surface area contributed by atoms with Gasteiger partial charge >= 0.3 is 0 Å². The monoisotopic (exact) mass is 242 g/mol. The first-order valence-corrected chi connectivity index (χ1v) is 5.99. The normalized spacial score (nSPS) is 15.2. The van der Waals surface area contributed by atoms with Crippen LogP contribution >= 0.6 is 11.6 Å². The summed E-state index contributed by atoms with van der Waals surface area (Å²) in [6.45, 7) is 3.92. The Hall–Kier alpha value is -0.960. The maximum Gasteiger partial charge on any atom is 0.143 e. The van der Waals surface area contributed by atoms with Crippen LogP contribution in [-0.2, 0) is 0 Å². The van der Waals surface area contributed by atoms with E-state index in [-0.39, 0.29) is 5.02 Å². The third-order valence-corrected chi connectivity index (χ3v) is 3.26. The second kappa shape index (κ2) is 4.50. The number of hydrogen-bond donors (Lipinski definition) is 1. The Morgan fingerprint density at radius 1 is 1.50 bits per heavy atom. The van der Waals surface area contributed by atoms with Crippen LogP contribution in [-0.4, -0.2) is 13.1 Å². The number of rotatable bonds is 4. The first-order valence-electron chi connectivity index (χ1n) is 5.61. The van der Waals surface area contributed by atoms with Crippen molar-refractivity contribution in [3.8, 4) is 0 Å². The van der Waals surface area contributed by atoms with E-state index in [1.165, 1.54) is 18.9 Å². The lowest BCUT2D eigenvalue weighted by Gasteiger charge is -2.24. The largest absolute Gasteiger partial charge is 0.397 e. The van der Waals surface area contributed by atoms with E-state index in [2.05, 4.69) is 11.8 Å². The fraction of sp³-hybridized carbons (Fsp3) is 0.500. The van der Waals surface area contributed by atoms with Crippen molar-refractivity contribution in [1.82, 2.24) is 0 Å². The van der Waals surface area contributed by atoms with Crippen LogP contribution < -0.4 is 10.6 Å². The number of anilines is 2. The number of nitrogen functional groups attached to an aromatic ring is 1. The molecule has 2 nitrogen and oxygen atoms in total. The van der Waals surface area contributed by atoms with E-state index in [0.29, 0.717) is 5.69 Å². The average molecular weight is 243 g/mol. The van der Waals surface area contributed by atoms with Gasteiger partial charge in [-0.1, -0.05) is 11.6 Å². The molecule has 0 aliphatic heterocycles. The van der Waals surface area contributed by atoms with Crippen molar-refractivity contribution in [2.75, 3.05) is 23.7 Å². The molecule has 0 heterocycles. The molecule has 88 valence electrons. The minimum atomic E-state index is -0.453. The summed E-state index contributed by atoms with van der Waals surface area (Å²) in [6.07, 6.45) is 2.57. The van der Waals surface area contributed by atoms with Crippen molar-refractivity contribution in [2.45, 2.75) is 19.8 Å². The van der Waals surface area contributed by atoms with Crippen LogP contribution in [0.1, 0.15) is 19.8 Å². The van der Waals surface area contributed by atoms with E-state index in [0.717, 1.165) is 24.7 Å². The molecule has 2 N–H and O–H groups in total. The number of halogens is 2. The molecule has 1 aliphatic rings. The highest BCUT2D eigenvalue weighted by atomic mass is 35.5. The van der Waals surface area contributed by atoms with Gasteiger partial charge in [-0.2, -0.15) is 0 Å². The smallest absolute Gasteiger partial charge is 0.143 e. The second-order valence-corrected chi connectivity index (χ2v) is 4.71. The summed E-state index contributed by atoms with van der Waals surface area (Å²) in [5, 5.41) is 0.137. The molecule has 0 unspecified atom stereocenters. The van der Waals surface area contributed by atoms with Crippen molar-refractivity contribution >= 4 is 23.0 Å². The molecular formula is C12H16ClFN2. The Labute approximate surface area is 100 Å². The zero-order chi connectivity index (χ0) is 11.7. The van der Waals surface area contributed by atoms with Gasteiger partial charge in [0.15, 0.2) is 0 Å². The summed E-state index contributed by atoms with van der Waals surface area (Å²) in [5.74, 6) is 0.313. The number of nitrogens with two attached hydrogens (primary N) is 1. The predicted octanol–water partition coefficient (Wildman–Crippen LogP) is 3.30. The van der Waals surface area contributed by atoms with Crippen LogP contribution in [0.5, 0.6) is 0 Å². The minimum Gasteiger partial charge on any atom is -0.397 e. The summed E-state index contributed by atoms with van der Waals surface area (Å²) in [5.41, 5.74) is 7.13. The Kier molecular flexibility index (Phi) is 3.24. The first-order chi connectivity index (χ1) is 7.61. The Balaban J connectivity index is 2.25. The third-order valence-electron chi connectivity index (χ3n) is 2.97. The molecule has 0 spiro atoms. The summed E-state index contributed by atoms with van der Waals surface area (Å²) in [6, 6.07) is 2.92. The van der Waals surface area contributed by atoms with E-state index in [4.69, 9.17) is 17.3 Å². The zero-order valence-corrected chi connectivity index (χ0v) is 10.1. The molecule has 0 amide bonds. The van der Waals surface area contributed by atoms with E-state index >= 15 is 0 Å². The van der Waals surface area contributed by atoms with Crippen LogP contribution in [0.15, 0.2) is 12.1 Å². The molecule has 4 heteroatoms. The molecule has 0 bridgehead atoms. The van der Waals surface area contributed by atoms with Gasteiger partial charge in [0.25, 0.3) is 0 Å². The van der Waals surface area contributed by atoms with Gasteiger partial charge in [0.05, 0.1) is 16.4 Å². The van der Waals surface area contributed by atoms with Crippen molar-refractivity contribution < 1.29 is 4.39 Å². The molecular weight excluding hydrogens is 227 g/mol. The van der Waals surface area contributed by atoms with E-state index in [1.807, 2.05) is 0 Å². The Morgan fingerprint density at radius 2 is 2.19 bits per heavy atom. The van der Waals surface area contributed by atoms with Crippen molar-refractivity contribution in [2.24, 2.45) is 5.92 Å². The average Bonchev–Trinajstić information content (AvgIpc) is 3.04. The first kappa shape index (κ1) is 11.5. The highest BCUT2D eigenvalue weighted by Crippen LogP contribution is 2.34. The predicted molar refractivity (Wildman–Crippen MR) is 66.4 cm³/mol. The molecule has 1 aliphatic carbocycles. The van der Waals surface area contributed by atoms with Crippen LogP contribution in [0.3, 0.4) is 0 Å². The van der Waals surface area contributed by atoms with Gasteiger partial charge in [0.2, 0.25) is 0 Å². The zero-order valence-electron chi connectivity index (χ0n) is 9.34. The van der Waals surface area contributed by atoms with Gasteiger partial charge in [-0.3, -0.25) is 0 Å². The molecule has 0 aromatic heterocycles. The minimum absolute atomic E-state index is 0.137. The Bertz CT molecular complexity index is 391. The molecule has 0 atom stereocenters. The Morgan fingerprint density at radius 3 is 2.75 bits per heavy atom. The quantitative estimate of drug-likeness (QED) is 0.821. The van der Waals surface area contributed by atoms with Gasteiger partial charge < -0.3 is 10.6 Å². The van der Waals surface area contributed by atoms with E-state index in [1.54, 1.807) is 6.07 Å². The number of benzene rings is 1. The van der Waals surface area contributed by atoms with Crippen LogP contribution in [0.25, 0.3) is 0 Å². The molecule has 2 rings (SSSR count). The lowest BCUT2D eigenvalue weighted by molar-refractivity contribution is 0.628. The SMILES string of the molecule is CCN(CC1CC1)c1cc(Cl)c(F)cc1N. The van der Waals surface area contributed by atoms with Gasteiger partial charge in [-0.15, -0.1) is 0 Å². The summed E-state index contributed by atoms with van der Waals surface area (Å²) < 4.78 is 13.2. The van der Waals surface area contributed by atoms with Gasteiger partial charge in [0.1, 0.15) is 5.82 Å². The van der Waals surface area contributed by atoms with Crippen molar-refractivity contribution in [1.29, 1.82) is 0 Å².